The van der Waals surface area contributed by atoms with Crippen LogP contribution < -0.4 is 18.9 Å². The summed E-state index contributed by atoms with van der Waals surface area (Å²) in [7, 11) is 4.28. The van der Waals surface area contributed by atoms with E-state index in [1.54, 1.807) is 7.05 Å². The van der Waals surface area contributed by atoms with E-state index in [1.807, 2.05) is 4.90 Å². The van der Waals surface area contributed by atoms with Crippen molar-refractivity contribution in [3.63, 3.8) is 0 Å². The molecule has 1 heterocycles. The van der Waals surface area contributed by atoms with E-state index in [0.717, 1.165) is 18.2 Å². The van der Waals surface area contributed by atoms with Gasteiger partial charge in [0.1, 0.15) is 34.3 Å². The van der Waals surface area contributed by atoms with Crippen LogP contribution >= 0.6 is 0 Å². The van der Waals surface area contributed by atoms with E-state index < -0.39 is 84.0 Å². The van der Waals surface area contributed by atoms with Crippen LogP contribution in [0.1, 0.15) is 45.0 Å². The number of phenols is 1. The average Bonchev–Trinajstić information content (AvgIpc) is 2.89. The summed E-state index contributed by atoms with van der Waals surface area (Å²) in [5, 5.41) is 21.9. The number of halogens is 6. The molecule has 1 aliphatic heterocycles. The first kappa shape index (κ1) is 32.8. The van der Waals surface area contributed by atoms with Gasteiger partial charge in [0, 0.05) is 24.1 Å². The first-order valence-electron chi connectivity index (χ1n) is 12.5. The van der Waals surface area contributed by atoms with Crippen molar-refractivity contribution < 1.29 is 65.1 Å². The zero-order valence-corrected chi connectivity index (χ0v) is 22.8. The van der Waals surface area contributed by atoms with Gasteiger partial charge in [0.2, 0.25) is 0 Å². The maximum Gasteiger partial charge on any atom is 0.422 e. The molecule has 0 unspecified atom stereocenters. The molecule has 0 spiro atoms. The van der Waals surface area contributed by atoms with Crippen LogP contribution in [0.15, 0.2) is 24.3 Å². The van der Waals surface area contributed by atoms with E-state index in [2.05, 4.69) is 9.47 Å². The fourth-order valence-electron chi connectivity index (χ4n) is 4.62. The number of hydrogen-bond donors (Lipinski definition) is 2. The number of ether oxygens (including phenoxy) is 4. The zero-order chi connectivity index (χ0) is 31.4. The second-order valence-electron chi connectivity index (χ2n) is 9.63. The zero-order valence-electron chi connectivity index (χ0n) is 22.8. The highest BCUT2D eigenvalue weighted by molar-refractivity contribution is 6.16. The predicted octanol–water partition coefficient (Wildman–Crippen LogP) is 4.53. The second kappa shape index (κ2) is 13.1. The third-order valence-electron chi connectivity index (χ3n) is 6.51. The van der Waals surface area contributed by atoms with Crippen molar-refractivity contribution in [2.24, 2.45) is 0 Å². The standard InChI is InChI=1S/C27H29F6NO8/c1-34-7-6-15(19(37)11-34)23-21(39-2)10-22(40-3)24(25(23)38)18(36)9-17(35)16-8-14(41-12-26(28,29)30)4-5-20(16)42-13-27(31,32)33/h4-5,8,10,15,19,37-38H,6-7,9,11-13H2,1-3H3/t15-,19+/m0/s1. The van der Waals surface area contributed by atoms with Crippen LogP contribution in [0.2, 0.25) is 0 Å². The van der Waals surface area contributed by atoms with Crippen LogP contribution in [0.5, 0.6) is 28.7 Å². The molecule has 2 atom stereocenters. The fraction of sp³-hybridized carbons (Fsp3) is 0.481. The first-order valence-corrected chi connectivity index (χ1v) is 12.5. The third-order valence-corrected chi connectivity index (χ3v) is 6.51. The number of alkyl halides is 6. The number of methoxy groups -OCH3 is 2. The predicted molar refractivity (Wildman–Crippen MR) is 135 cm³/mol. The van der Waals surface area contributed by atoms with Crippen LogP contribution in [0.25, 0.3) is 0 Å². The minimum atomic E-state index is -4.81. The molecule has 3 rings (SSSR count). The smallest absolute Gasteiger partial charge is 0.422 e. The van der Waals surface area contributed by atoms with E-state index in [1.165, 1.54) is 20.3 Å². The summed E-state index contributed by atoms with van der Waals surface area (Å²) in [6, 6.07) is 3.73. The Hall–Kier alpha value is -3.72. The lowest BCUT2D eigenvalue weighted by atomic mass is 9.84. The van der Waals surface area contributed by atoms with Crippen molar-refractivity contribution in [2.75, 3.05) is 47.6 Å². The number of carbonyl (C=O) groups is 2. The number of Topliss-reactive ketones (excluding diaryl/α,β-unsaturated/α-hetero) is 2. The van der Waals surface area contributed by atoms with Gasteiger partial charge in [-0.3, -0.25) is 9.59 Å². The molecule has 1 saturated heterocycles. The highest BCUT2D eigenvalue weighted by Gasteiger charge is 2.36. The Morgan fingerprint density at radius 1 is 0.929 bits per heavy atom. The first-order chi connectivity index (χ1) is 19.5. The molecule has 232 valence electrons. The van der Waals surface area contributed by atoms with Crippen LogP contribution in [-0.4, -0.2) is 92.7 Å². The SMILES string of the molecule is COc1cc(OC)c([C@H]2CCN(C)C[C@H]2O)c(O)c1C(=O)CC(=O)c1cc(OCC(F)(F)F)ccc1OCC(F)(F)F. The van der Waals surface area contributed by atoms with Gasteiger partial charge in [-0.2, -0.15) is 26.3 Å². The number of nitrogens with zero attached hydrogens (tertiary/aromatic N) is 1. The van der Waals surface area contributed by atoms with E-state index in [-0.39, 0.29) is 23.6 Å². The van der Waals surface area contributed by atoms with Gasteiger partial charge < -0.3 is 34.1 Å². The molecule has 42 heavy (non-hydrogen) atoms. The molecule has 9 nitrogen and oxygen atoms in total. The number of rotatable bonds is 11. The molecule has 0 aliphatic carbocycles. The molecule has 2 aromatic carbocycles. The Kier molecular flexibility index (Phi) is 10.2. The topological polar surface area (TPSA) is 115 Å². The number of hydrogen-bond acceptors (Lipinski definition) is 9. The van der Waals surface area contributed by atoms with E-state index in [4.69, 9.17) is 9.47 Å². The summed E-state index contributed by atoms with van der Waals surface area (Å²) >= 11 is 0. The number of piperidine rings is 1. The number of aromatic hydroxyl groups is 1. The maximum absolute atomic E-state index is 13.4. The lowest BCUT2D eigenvalue weighted by Gasteiger charge is -2.35. The Labute approximate surface area is 236 Å². The Morgan fingerprint density at radius 2 is 1.55 bits per heavy atom. The number of aliphatic hydroxyl groups excluding tert-OH is 1. The van der Waals surface area contributed by atoms with Gasteiger partial charge in [-0.1, -0.05) is 0 Å². The molecule has 1 fully saturated rings. The lowest BCUT2D eigenvalue weighted by molar-refractivity contribution is -0.154. The van der Waals surface area contributed by atoms with Crippen molar-refractivity contribution in [1.82, 2.24) is 4.90 Å². The van der Waals surface area contributed by atoms with Crippen molar-refractivity contribution >= 4 is 11.6 Å². The number of likely N-dealkylation sites (tertiary alicyclic amines) is 1. The van der Waals surface area contributed by atoms with Crippen molar-refractivity contribution in [3.8, 4) is 28.7 Å². The number of likely N-dealkylation sites (N-methyl/N-ethyl adjacent to an activating group) is 1. The van der Waals surface area contributed by atoms with Gasteiger partial charge in [-0.15, -0.1) is 0 Å². The molecule has 0 saturated carbocycles. The fourth-order valence-corrected chi connectivity index (χ4v) is 4.62. The second-order valence-corrected chi connectivity index (χ2v) is 9.63. The summed E-state index contributed by atoms with van der Waals surface area (Å²) in [5.74, 6) is -4.67. The van der Waals surface area contributed by atoms with E-state index in [9.17, 15) is 46.1 Å². The molecular formula is C27H29F6NO8. The number of β-amino-alcohol motifs (C(OH)–C–C–N with tert-alkyl or cyclic N) is 1. The maximum atomic E-state index is 13.4. The summed E-state index contributed by atoms with van der Waals surface area (Å²) < 4.78 is 96.0. The molecule has 0 amide bonds. The number of aliphatic hydroxyl groups is 1. The number of carbonyl (C=O) groups excluding carboxylic acids is 2. The molecule has 1 aliphatic rings. The molecule has 0 bridgehead atoms. The van der Waals surface area contributed by atoms with Crippen molar-refractivity contribution in [3.05, 3.63) is 41.0 Å². The molecule has 0 aromatic heterocycles. The molecule has 2 aromatic rings. The third kappa shape index (κ3) is 8.18. The monoisotopic (exact) mass is 609 g/mol. The van der Waals surface area contributed by atoms with Crippen molar-refractivity contribution in [1.29, 1.82) is 0 Å². The Morgan fingerprint density at radius 3 is 2.12 bits per heavy atom. The van der Waals surface area contributed by atoms with Crippen LogP contribution in [0.4, 0.5) is 26.3 Å². The van der Waals surface area contributed by atoms with Gasteiger partial charge in [-0.25, -0.2) is 0 Å². The van der Waals surface area contributed by atoms with Gasteiger partial charge in [0.15, 0.2) is 24.8 Å². The minimum absolute atomic E-state index is 0.103. The summed E-state index contributed by atoms with van der Waals surface area (Å²) in [6.45, 7) is -2.76. The largest absolute Gasteiger partial charge is 0.507 e. The van der Waals surface area contributed by atoms with E-state index >= 15 is 0 Å². The molecule has 0 radical (unpaired) electrons. The quantitative estimate of drug-likeness (QED) is 0.216. The number of ketones is 2. The normalized spacial score (nSPS) is 18.0. The van der Waals surface area contributed by atoms with Crippen LogP contribution in [0, 0.1) is 0 Å². The van der Waals surface area contributed by atoms with Gasteiger partial charge in [-0.05, 0) is 38.2 Å². The Bertz CT molecular complexity index is 1300. The van der Waals surface area contributed by atoms with Gasteiger partial charge in [0.25, 0.3) is 0 Å². The average molecular weight is 610 g/mol. The van der Waals surface area contributed by atoms with Crippen LogP contribution in [-0.2, 0) is 0 Å². The van der Waals surface area contributed by atoms with E-state index in [0.29, 0.717) is 13.0 Å². The van der Waals surface area contributed by atoms with Gasteiger partial charge >= 0.3 is 12.4 Å². The number of phenolic OH excluding ortho intramolecular Hbond substituents is 1. The van der Waals surface area contributed by atoms with Gasteiger partial charge in [0.05, 0.1) is 32.3 Å². The molecular weight excluding hydrogens is 580 g/mol. The summed E-state index contributed by atoms with van der Waals surface area (Å²) in [5.41, 5.74) is -0.994. The molecule has 2 N–H and O–H groups in total. The number of benzene rings is 2. The Balaban J connectivity index is 1.99. The summed E-state index contributed by atoms with van der Waals surface area (Å²) in [4.78, 5) is 28.4. The van der Waals surface area contributed by atoms with Crippen molar-refractivity contribution in [2.45, 2.75) is 37.2 Å². The highest BCUT2D eigenvalue weighted by Crippen LogP contribution is 2.46. The highest BCUT2D eigenvalue weighted by atomic mass is 19.4. The molecule has 15 heteroatoms. The lowest BCUT2D eigenvalue weighted by Crippen LogP contribution is -2.40. The van der Waals surface area contributed by atoms with Crippen LogP contribution in [0.3, 0.4) is 0 Å². The minimum Gasteiger partial charge on any atom is -0.507 e. The summed E-state index contributed by atoms with van der Waals surface area (Å²) in [6.07, 6.45) is -11.2.